The van der Waals surface area contributed by atoms with Gasteiger partial charge in [0.1, 0.15) is 20.3 Å². The number of amidine groups is 1. The third-order valence-electron chi connectivity index (χ3n) is 4.73. The maximum Gasteiger partial charge on any atom is 0.305 e. The number of nitrogens with one attached hydrogen (secondary N) is 1. The number of benzene rings is 1. The van der Waals surface area contributed by atoms with E-state index in [0.29, 0.717) is 24.4 Å². The van der Waals surface area contributed by atoms with Crippen molar-refractivity contribution in [2.75, 3.05) is 19.5 Å². The van der Waals surface area contributed by atoms with Crippen LogP contribution in [0.4, 0.5) is 10.3 Å². The molecule has 1 aliphatic heterocycles. The number of ether oxygens (including phenoxy) is 1. The van der Waals surface area contributed by atoms with Crippen molar-refractivity contribution in [3.8, 4) is 0 Å². The Hall–Kier alpha value is -3.17. The summed E-state index contributed by atoms with van der Waals surface area (Å²) < 4.78 is 18.1. The minimum atomic E-state index is -0.297. The fourth-order valence-corrected chi connectivity index (χ4v) is 3.38. The summed E-state index contributed by atoms with van der Waals surface area (Å²) in [5, 5.41) is 7.57. The highest BCUT2D eigenvalue weighted by Crippen LogP contribution is 2.26. The Labute approximate surface area is 169 Å². The lowest BCUT2D eigenvalue weighted by molar-refractivity contribution is -0.141. The van der Waals surface area contributed by atoms with Crippen LogP contribution in [0.5, 0.6) is 0 Å². The molecule has 0 fully saturated rings. The summed E-state index contributed by atoms with van der Waals surface area (Å²) in [6, 6.07) is 4.50. The van der Waals surface area contributed by atoms with E-state index in [9.17, 15) is 9.18 Å². The third-order valence-corrected chi connectivity index (χ3v) is 4.73. The smallest absolute Gasteiger partial charge is 0.305 e. The van der Waals surface area contributed by atoms with Gasteiger partial charge < -0.3 is 20.6 Å². The van der Waals surface area contributed by atoms with Gasteiger partial charge in [-0.2, -0.15) is 0 Å². The van der Waals surface area contributed by atoms with E-state index in [1.165, 1.54) is 19.2 Å². The number of nitrogens with two attached hydrogens (primary N) is 1. The van der Waals surface area contributed by atoms with E-state index in [1.54, 1.807) is 6.07 Å². The van der Waals surface area contributed by atoms with Crippen LogP contribution in [0.1, 0.15) is 41.4 Å². The van der Waals surface area contributed by atoms with Crippen molar-refractivity contribution in [3.05, 3.63) is 46.5 Å². The number of anilines is 1. The molecule has 152 valence electrons. The first-order chi connectivity index (χ1) is 13.9. The zero-order valence-electron chi connectivity index (χ0n) is 16.7. The summed E-state index contributed by atoms with van der Waals surface area (Å²) in [6.45, 7) is 2.08. The van der Waals surface area contributed by atoms with Gasteiger partial charge in [0.25, 0.3) is 0 Å². The molecule has 8 nitrogen and oxygen atoms in total. The van der Waals surface area contributed by atoms with Gasteiger partial charge in [-0.25, -0.2) is 14.4 Å². The number of hydrogen-bond donors (Lipinski definition) is 2. The number of carbonyl (C=O) groups excluding carboxylic acids is 1. The normalized spacial score (nSPS) is 16.8. The molecule has 0 aliphatic carbocycles. The molecule has 3 rings (SSSR count). The molecule has 1 aromatic carbocycles. The maximum absolute atomic E-state index is 13.5. The molecule has 29 heavy (non-hydrogen) atoms. The molecule has 0 saturated carbocycles. The Kier molecular flexibility index (Phi) is 6.31. The van der Waals surface area contributed by atoms with Gasteiger partial charge >= 0.3 is 5.97 Å². The van der Waals surface area contributed by atoms with Crippen molar-refractivity contribution in [3.63, 3.8) is 0 Å². The van der Waals surface area contributed by atoms with Gasteiger partial charge in [0.2, 0.25) is 5.95 Å². The predicted molar refractivity (Wildman–Crippen MR) is 109 cm³/mol. The second-order valence-corrected chi connectivity index (χ2v) is 6.84. The molecule has 1 atom stereocenters. The molecule has 0 spiro atoms. The second-order valence-electron chi connectivity index (χ2n) is 6.84. The largest absolute Gasteiger partial charge is 0.469 e. The van der Waals surface area contributed by atoms with Crippen LogP contribution in [0, 0.1) is 12.7 Å². The lowest BCUT2D eigenvalue weighted by Gasteiger charge is -2.29. The van der Waals surface area contributed by atoms with Gasteiger partial charge in [0.05, 0.1) is 30.1 Å². The lowest BCUT2D eigenvalue weighted by atomic mass is 9.84. The van der Waals surface area contributed by atoms with E-state index in [1.807, 2.05) is 14.8 Å². The van der Waals surface area contributed by atoms with Gasteiger partial charge in [0.15, 0.2) is 5.84 Å². The van der Waals surface area contributed by atoms with Crippen LogP contribution < -0.4 is 16.5 Å². The Bertz CT molecular complexity index is 954. The van der Waals surface area contributed by atoms with Crippen molar-refractivity contribution in [1.29, 1.82) is 0 Å². The van der Waals surface area contributed by atoms with E-state index in [-0.39, 0.29) is 36.8 Å². The SMILES string of the molecule is Bc1cc(F)ccc1[C@H]1Cc2nc(N)nc(C)c2/C(=N/OCCCC(=O)OC)N1. The summed E-state index contributed by atoms with van der Waals surface area (Å²) in [5.74, 6) is 0.0910. The molecule has 0 bridgehead atoms. The van der Waals surface area contributed by atoms with Crippen molar-refractivity contribution in [1.82, 2.24) is 15.3 Å². The number of aryl methyl sites for hydroxylation is 1. The van der Waals surface area contributed by atoms with Crippen LogP contribution in [0.2, 0.25) is 0 Å². The van der Waals surface area contributed by atoms with Gasteiger partial charge in [-0.15, -0.1) is 0 Å². The number of nitrogens with zero attached hydrogens (tertiary/aromatic N) is 3. The number of halogens is 1. The molecular weight excluding hydrogens is 376 g/mol. The minimum absolute atomic E-state index is 0.172. The molecule has 2 aromatic rings. The fraction of sp³-hybridized carbons (Fsp3) is 0.368. The summed E-state index contributed by atoms with van der Waals surface area (Å²) in [7, 11) is 3.20. The number of fused-ring (bicyclic) bond motifs is 1. The predicted octanol–water partition coefficient (Wildman–Crippen LogP) is 0.283. The number of esters is 1. The molecule has 10 heteroatoms. The van der Waals surface area contributed by atoms with Gasteiger partial charge in [-0.05, 0) is 31.0 Å². The van der Waals surface area contributed by atoms with Crippen molar-refractivity contribution in [2.45, 2.75) is 32.2 Å². The molecule has 0 saturated heterocycles. The van der Waals surface area contributed by atoms with E-state index < -0.39 is 0 Å². The average molecular weight is 399 g/mol. The number of methoxy groups -OCH3 is 1. The maximum atomic E-state index is 13.5. The molecule has 1 aromatic heterocycles. The highest BCUT2D eigenvalue weighted by molar-refractivity contribution is 6.33. The van der Waals surface area contributed by atoms with Crippen LogP contribution >= 0.6 is 0 Å². The van der Waals surface area contributed by atoms with Crippen LogP contribution in [-0.2, 0) is 20.8 Å². The van der Waals surface area contributed by atoms with Crippen LogP contribution in [0.15, 0.2) is 23.4 Å². The molecule has 3 N–H and O–H groups in total. The molecule has 1 aliphatic rings. The van der Waals surface area contributed by atoms with Crippen molar-refractivity contribution >= 4 is 31.1 Å². The average Bonchev–Trinajstić information content (AvgIpc) is 2.66. The molecule has 0 unspecified atom stereocenters. The molecular formula is C19H23BFN5O3. The zero-order chi connectivity index (χ0) is 21.0. The summed E-state index contributed by atoms with van der Waals surface area (Å²) in [4.78, 5) is 25.2. The third kappa shape index (κ3) is 4.82. The Balaban J connectivity index is 1.86. The second kappa shape index (κ2) is 8.89. The summed E-state index contributed by atoms with van der Waals surface area (Å²) in [6.07, 6.45) is 1.28. The standard InChI is InChI=1S/C19H23BFN5O3/c1-10-17-15(25-19(22)23-10)9-14(12-6-5-11(21)8-13(12)20)24-18(17)26-29-7-3-4-16(27)28-2/h5-6,8,14H,3-4,7,9,20H2,1-2H3,(H,24,26)(H2,22,23,25)/t14-/m1/s1. The van der Waals surface area contributed by atoms with E-state index >= 15 is 0 Å². The number of carbonyl (C=O) groups is 1. The first-order valence-corrected chi connectivity index (χ1v) is 9.31. The molecule has 2 heterocycles. The van der Waals surface area contributed by atoms with Crippen LogP contribution in [0.3, 0.4) is 0 Å². The summed E-state index contributed by atoms with van der Waals surface area (Å²) >= 11 is 0. The monoisotopic (exact) mass is 399 g/mol. The van der Waals surface area contributed by atoms with Crippen molar-refractivity contribution < 1.29 is 18.8 Å². The van der Waals surface area contributed by atoms with Gasteiger partial charge in [0, 0.05) is 12.8 Å². The number of rotatable bonds is 6. The van der Waals surface area contributed by atoms with Gasteiger partial charge in [-0.3, -0.25) is 4.79 Å². The molecule has 0 amide bonds. The van der Waals surface area contributed by atoms with E-state index in [0.717, 1.165) is 22.3 Å². The Morgan fingerprint density at radius 2 is 2.24 bits per heavy atom. The highest BCUT2D eigenvalue weighted by Gasteiger charge is 2.29. The number of oxime groups is 1. The first-order valence-electron chi connectivity index (χ1n) is 9.31. The van der Waals surface area contributed by atoms with Crippen molar-refractivity contribution in [2.24, 2.45) is 5.16 Å². The highest BCUT2D eigenvalue weighted by atomic mass is 19.1. The number of aromatic nitrogens is 2. The fourth-order valence-electron chi connectivity index (χ4n) is 3.38. The number of hydrogen-bond acceptors (Lipinski definition) is 7. The van der Waals surface area contributed by atoms with E-state index in [4.69, 9.17) is 10.6 Å². The zero-order valence-corrected chi connectivity index (χ0v) is 16.7. The number of nitrogen functional groups attached to an aromatic ring is 1. The Morgan fingerprint density at radius 3 is 2.97 bits per heavy atom. The van der Waals surface area contributed by atoms with E-state index in [2.05, 4.69) is 25.2 Å². The summed E-state index contributed by atoms with van der Waals surface area (Å²) in [5.41, 5.74) is 9.77. The Morgan fingerprint density at radius 1 is 1.45 bits per heavy atom. The molecule has 0 radical (unpaired) electrons. The first kappa shape index (κ1) is 20.6. The topological polar surface area (TPSA) is 112 Å². The van der Waals surface area contributed by atoms with Gasteiger partial charge in [-0.1, -0.05) is 16.7 Å². The van der Waals surface area contributed by atoms with Crippen LogP contribution in [0.25, 0.3) is 0 Å². The van der Waals surface area contributed by atoms with Crippen LogP contribution in [-0.4, -0.2) is 43.3 Å². The lowest BCUT2D eigenvalue weighted by Crippen LogP contribution is -2.40. The minimum Gasteiger partial charge on any atom is -0.469 e. The quantitative estimate of drug-likeness (QED) is 0.311.